The lowest BCUT2D eigenvalue weighted by atomic mass is 10.1. The second-order valence-electron chi connectivity index (χ2n) is 5.19. The topological polar surface area (TPSA) is 78.0 Å². The molecule has 2 heterocycles. The number of thiophene rings is 1. The van der Waals surface area contributed by atoms with Crippen molar-refractivity contribution in [3.63, 3.8) is 0 Å². The van der Waals surface area contributed by atoms with Crippen molar-refractivity contribution in [1.82, 2.24) is 9.55 Å². The summed E-state index contributed by atoms with van der Waals surface area (Å²) in [5.41, 5.74) is 2.31. The number of hydrogen-bond acceptors (Lipinski definition) is 6. The third-order valence-electron chi connectivity index (χ3n) is 3.82. The summed E-state index contributed by atoms with van der Waals surface area (Å²) in [5.74, 6) is 0.523. The molecule has 2 aromatic heterocycles. The number of aromatic nitrogens is 2. The van der Waals surface area contributed by atoms with Crippen LogP contribution in [0.1, 0.15) is 18.1 Å². The summed E-state index contributed by atoms with van der Waals surface area (Å²) in [6.07, 6.45) is 0. The maximum atomic E-state index is 12.5. The molecule has 0 aliphatic rings. The summed E-state index contributed by atoms with van der Waals surface area (Å²) >= 11 is 2.82. The molecule has 3 aromatic rings. The summed E-state index contributed by atoms with van der Waals surface area (Å²) < 4.78 is 2.31. The van der Waals surface area contributed by atoms with E-state index in [2.05, 4.69) is 4.98 Å². The first-order chi connectivity index (χ1) is 11.5. The van der Waals surface area contributed by atoms with E-state index in [1.807, 2.05) is 24.4 Å². The molecule has 0 saturated carbocycles. The van der Waals surface area contributed by atoms with E-state index < -0.39 is 0 Å². The molecule has 0 unspecified atom stereocenters. The van der Waals surface area contributed by atoms with Gasteiger partial charge >= 0.3 is 0 Å². The summed E-state index contributed by atoms with van der Waals surface area (Å²) in [4.78, 5) is 27.7. The maximum Gasteiger partial charge on any atom is 0.272 e. The van der Waals surface area contributed by atoms with Gasteiger partial charge in [0.25, 0.3) is 11.2 Å². The van der Waals surface area contributed by atoms with Gasteiger partial charge in [-0.15, -0.1) is 11.3 Å². The van der Waals surface area contributed by atoms with Crippen molar-refractivity contribution in [1.29, 1.82) is 0 Å². The van der Waals surface area contributed by atoms with E-state index in [0.717, 1.165) is 5.56 Å². The third-order valence-corrected chi connectivity index (χ3v) is 5.73. The van der Waals surface area contributed by atoms with Crippen LogP contribution in [-0.2, 0) is 12.3 Å². The lowest BCUT2D eigenvalue weighted by molar-refractivity contribution is -0.385. The molecule has 24 heavy (non-hydrogen) atoms. The molecule has 124 valence electrons. The van der Waals surface area contributed by atoms with Gasteiger partial charge < -0.3 is 0 Å². The van der Waals surface area contributed by atoms with E-state index in [-0.39, 0.29) is 16.2 Å². The molecule has 6 nitrogen and oxygen atoms in total. The normalized spacial score (nSPS) is 11.1. The zero-order valence-corrected chi connectivity index (χ0v) is 14.8. The molecule has 0 aliphatic heterocycles. The van der Waals surface area contributed by atoms with Crippen LogP contribution in [0, 0.1) is 17.0 Å². The fourth-order valence-electron chi connectivity index (χ4n) is 2.48. The second kappa shape index (κ2) is 6.74. The van der Waals surface area contributed by atoms with E-state index in [1.165, 1.54) is 29.2 Å². The zero-order chi connectivity index (χ0) is 17.3. The van der Waals surface area contributed by atoms with Crippen LogP contribution in [0.4, 0.5) is 5.69 Å². The van der Waals surface area contributed by atoms with Crippen molar-refractivity contribution in [2.24, 2.45) is 0 Å². The molecule has 0 atom stereocenters. The molecular weight excluding hydrogens is 346 g/mol. The Balaban J connectivity index is 1.95. The van der Waals surface area contributed by atoms with Crippen LogP contribution in [-0.4, -0.2) is 14.5 Å². The standard InChI is InChI=1S/C16H15N3O3S2/c1-3-18-15(20)14-12(7-8-23-14)17-16(18)24-9-11-5-4-6-13(10(11)2)19(21)22/h4-8H,3,9H2,1-2H3. The van der Waals surface area contributed by atoms with Crippen LogP contribution in [0.25, 0.3) is 10.2 Å². The van der Waals surface area contributed by atoms with Gasteiger partial charge in [-0.05, 0) is 30.9 Å². The molecule has 0 N–H and O–H groups in total. The van der Waals surface area contributed by atoms with Crippen molar-refractivity contribution >= 4 is 39.0 Å². The summed E-state index contributed by atoms with van der Waals surface area (Å²) in [6.45, 7) is 4.19. The first kappa shape index (κ1) is 16.7. The van der Waals surface area contributed by atoms with Crippen LogP contribution in [0.5, 0.6) is 0 Å². The molecule has 0 bridgehead atoms. The first-order valence-electron chi connectivity index (χ1n) is 7.36. The van der Waals surface area contributed by atoms with Gasteiger partial charge in [-0.3, -0.25) is 19.5 Å². The predicted molar refractivity (Wildman–Crippen MR) is 96.9 cm³/mol. The average molecular weight is 361 g/mol. The van der Waals surface area contributed by atoms with Crippen molar-refractivity contribution in [3.8, 4) is 0 Å². The Kier molecular flexibility index (Phi) is 4.68. The van der Waals surface area contributed by atoms with Gasteiger partial charge in [0.15, 0.2) is 5.16 Å². The molecule has 0 radical (unpaired) electrons. The number of nitro groups is 1. The van der Waals surface area contributed by atoms with E-state index in [1.54, 1.807) is 17.6 Å². The minimum absolute atomic E-state index is 0.0317. The van der Waals surface area contributed by atoms with Gasteiger partial charge in [-0.25, -0.2) is 4.98 Å². The number of thioether (sulfide) groups is 1. The Hall–Kier alpha value is -2.19. The highest BCUT2D eigenvalue weighted by atomic mass is 32.2. The van der Waals surface area contributed by atoms with E-state index >= 15 is 0 Å². The minimum atomic E-state index is -0.374. The average Bonchev–Trinajstić information content (AvgIpc) is 3.02. The van der Waals surface area contributed by atoms with Gasteiger partial charge in [0.1, 0.15) is 4.70 Å². The van der Waals surface area contributed by atoms with E-state index in [0.29, 0.717) is 33.2 Å². The monoisotopic (exact) mass is 361 g/mol. The van der Waals surface area contributed by atoms with Crippen LogP contribution in [0.2, 0.25) is 0 Å². The van der Waals surface area contributed by atoms with Crippen LogP contribution >= 0.6 is 23.1 Å². The third kappa shape index (κ3) is 2.94. The Morgan fingerprint density at radius 2 is 2.17 bits per heavy atom. The van der Waals surface area contributed by atoms with Crippen molar-refractivity contribution in [2.75, 3.05) is 0 Å². The summed E-state index contributed by atoms with van der Waals surface area (Å²) in [5, 5.41) is 13.5. The predicted octanol–water partition coefficient (Wildman–Crippen LogP) is 3.99. The van der Waals surface area contributed by atoms with Gasteiger partial charge in [0.2, 0.25) is 0 Å². The molecule has 8 heteroatoms. The SMILES string of the molecule is CCn1c(SCc2cccc([N+](=O)[O-])c2C)nc2ccsc2c1=O. The van der Waals surface area contributed by atoms with E-state index in [4.69, 9.17) is 0 Å². The smallest absolute Gasteiger partial charge is 0.272 e. The maximum absolute atomic E-state index is 12.5. The Labute approximate surface area is 146 Å². The summed E-state index contributed by atoms with van der Waals surface area (Å²) in [6, 6.07) is 6.89. The zero-order valence-electron chi connectivity index (χ0n) is 13.2. The number of fused-ring (bicyclic) bond motifs is 1. The fraction of sp³-hybridized carbons (Fsp3) is 0.250. The lowest BCUT2D eigenvalue weighted by Crippen LogP contribution is -2.21. The highest BCUT2D eigenvalue weighted by molar-refractivity contribution is 7.98. The Morgan fingerprint density at radius 1 is 1.38 bits per heavy atom. The van der Waals surface area contributed by atoms with Crippen LogP contribution < -0.4 is 5.56 Å². The fourth-order valence-corrected chi connectivity index (χ4v) is 4.39. The largest absolute Gasteiger partial charge is 0.287 e. The first-order valence-corrected chi connectivity index (χ1v) is 9.23. The highest BCUT2D eigenvalue weighted by Crippen LogP contribution is 2.28. The Morgan fingerprint density at radius 3 is 2.88 bits per heavy atom. The lowest BCUT2D eigenvalue weighted by Gasteiger charge is -2.10. The number of benzene rings is 1. The van der Waals surface area contributed by atoms with Gasteiger partial charge in [0.05, 0.1) is 10.4 Å². The summed E-state index contributed by atoms with van der Waals surface area (Å²) in [7, 11) is 0. The molecule has 0 amide bonds. The van der Waals surface area contributed by atoms with Gasteiger partial charge in [-0.2, -0.15) is 0 Å². The van der Waals surface area contributed by atoms with Gasteiger partial charge in [-0.1, -0.05) is 23.9 Å². The molecular formula is C16H15N3O3S2. The number of nitro benzene ring substituents is 1. The van der Waals surface area contributed by atoms with Crippen LogP contribution in [0.15, 0.2) is 39.6 Å². The highest BCUT2D eigenvalue weighted by Gasteiger charge is 2.15. The van der Waals surface area contributed by atoms with Gasteiger partial charge in [0, 0.05) is 23.9 Å². The van der Waals surface area contributed by atoms with Crippen molar-refractivity contribution in [3.05, 3.63) is 61.2 Å². The number of hydrogen-bond donors (Lipinski definition) is 0. The number of nitrogens with zero attached hydrogens (tertiary/aromatic N) is 3. The molecule has 0 spiro atoms. The molecule has 0 aliphatic carbocycles. The second-order valence-corrected chi connectivity index (χ2v) is 7.04. The molecule has 1 aromatic carbocycles. The number of rotatable bonds is 5. The van der Waals surface area contributed by atoms with Crippen molar-refractivity contribution in [2.45, 2.75) is 31.3 Å². The van der Waals surface area contributed by atoms with Crippen LogP contribution in [0.3, 0.4) is 0 Å². The van der Waals surface area contributed by atoms with E-state index in [9.17, 15) is 14.9 Å². The molecule has 0 saturated heterocycles. The molecule has 0 fully saturated rings. The minimum Gasteiger partial charge on any atom is -0.287 e. The van der Waals surface area contributed by atoms with Crippen molar-refractivity contribution < 1.29 is 4.92 Å². The Bertz CT molecular complexity index is 978. The molecule has 3 rings (SSSR count). The quantitative estimate of drug-likeness (QED) is 0.297.